The lowest BCUT2D eigenvalue weighted by Crippen LogP contribution is -2.42. The number of halogens is 3. The van der Waals surface area contributed by atoms with Crippen LogP contribution in [0.1, 0.15) is 39.2 Å². The van der Waals surface area contributed by atoms with Crippen LogP contribution in [0.2, 0.25) is 0 Å². The molecule has 8 nitrogen and oxygen atoms in total. The molecule has 34 heavy (non-hydrogen) atoms. The number of carbonyl (C=O) groups excluding carboxylic acids is 1. The second-order valence-electron chi connectivity index (χ2n) is 8.99. The summed E-state index contributed by atoms with van der Waals surface area (Å²) >= 11 is 0. The zero-order chi connectivity index (χ0) is 25.1. The molecule has 1 atom stereocenters. The van der Waals surface area contributed by atoms with E-state index in [1.165, 1.54) is 30.3 Å². The topological polar surface area (TPSA) is 82.9 Å². The Labute approximate surface area is 195 Å². The van der Waals surface area contributed by atoms with Crippen molar-refractivity contribution in [2.45, 2.75) is 58.0 Å². The van der Waals surface area contributed by atoms with Crippen molar-refractivity contribution >= 4 is 6.09 Å². The molecule has 0 unspecified atom stereocenters. The number of alkyl halides is 3. The van der Waals surface area contributed by atoms with Crippen molar-refractivity contribution in [3.05, 3.63) is 46.6 Å². The van der Waals surface area contributed by atoms with Crippen LogP contribution in [0.25, 0.3) is 11.1 Å². The number of methoxy groups -OCH3 is 1. The van der Waals surface area contributed by atoms with Crippen LogP contribution in [0.4, 0.5) is 18.0 Å². The van der Waals surface area contributed by atoms with Crippen LogP contribution in [0.5, 0.6) is 5.75 Å². The summed E-state index contributed by atoms with van der Waals surface area (Å²) in [5.41, 5.74) is -1.79. The molecule has 1 fully saturated rings. The van der Waals surface area contributed by atoms with Crippen molar-refractivity contribution < 1.29 is 32.2 Å². The van der Waals surface area contributed by atoms with Gasteiger partial charge in [0.2, 0.25) is 0 Å². The fourth-order valence-corrected chi connectivity index (χ4v) is 3.74. The van der Waals surface area contributed by atoms with E-state index < -0.39 is 29.0 Å². The van der Waals surface area contributed by atoms with E-state index in [1.54, 1.807) is 25.7 Å². The Balaban J connectivity index is 1.92. The maximum Gasteiger partial charge on any atom is 0.416 e. The van der Waals surface area contributed by atoms with Gasteiger partial charge in [0, 0.05) is 32.0 Å². The number of aromatic nitrogens is 2. The van der Waals surface area contributed by atoms with Gasteiger partial charge in [-0.05, 0) is 51.8 Å². The van der Waals surface area contributed by atoms with Gasteiger partial charge in [-0.25, -0.2) is 9.78 Å². The Morgan fingerprint density at radius 3 is 2.59 bits per heavy atom. The highest BCUT2D eigenvalue weighted by Crippen LogP contribution is 2.36. The summed E-state index contributed by atoms with van der Waals surface area (Å²) in [7, 11) is 1.34. The second kappa shape index (κ2) is 10.0. The lowest BCUT2D eigenvalue weighted by atomic mass is 10.0. The maximum absolute atomic E-state index is 13.2. The molecule has 1 aromatic carbocycles. The summed E-state index contributed by atoms with van der Waals surface area (Å²) in [5, 5.41) is 0. The molecule has 2 aromatic rings. The van der Waals surface area contributed by atoms with Crippen LogP contribution < -0.4 is 10.3 Å². The minimum Gasteiger partial charge on any atom is -0.467 e. The molecule has 0 spiro atoms. The van der Waals surface area contributed by atoms with Crippen molar-refractivity contribution in [3.63, 3.8) is 0 Å². The Kier molecular flexibility index (Phi) is 7.54. The first-order valence-electron chi connectivity index (χ1n) is 10.8. The monoisotopic (exact) mass is 483 g/mol. The molecule has 0 N–H and O–H groups in total. The molecular weight excluding hydrogens is 455 g/mol. The fourth-order valence-electron chi connectivity index (χ4n) is 3.74. The molecule has 1 saturated heterocycles. The number of likely N-dealkylation sites (tertiary alicyclic amines) is 1. The van der Waals surface area contributed by atoms with E-state index in [-0.39, 0.29) is 36.3 Å². The smallest absolute Gasteiger partial charge is 0.416 e. The molecule has 1 aromatic heterocycles. The summed E-state index contributed by atoms with van der Waals surface area (Å²) in [6.45, 7) is 5.72. The molecule has 3 rings (SSSR count). The fraction of sp³-hybridized carbons (Fsp3) is 0.522. The first kappa shape index (κ1) is 25.5. The summed E-state index contributed by atoms with van der Waals surface area (Å²) in [6, 6.07) is 2.61. The molecule has 1 aliphatic heterocycles. The van der Waals surface area contributed by atoms with Crippen LogP contribution in [0.3, 0.4) is 0 Å². The van der Waals surface area contributed by atoms with Gasteiger partial charge in [-0.15, -0.1) is 0 Å². The summed E-state index contributed by atoms with van der Waals surface area (Å²) < 4.78 is 56.5. The second-order valence-corrected chi connectivity index (χ2v) is 8.99. The van der Waals surface area contributed by atoms with E-state index in [0.717, 1.165) is 18.6 Å². The quantitative estimate of drug-likeness (QED) is 0.570. The summed E-state index contributed by atoms with van der Waals surface area (Å²) in [5.74, 6) is -0.149. The van der Waals surface area contributed by atoms with E-state index >= 15 is 0 Å². The van der Waals surface area contributed by atoms with Crippen LogP contribution in [0, 0.1) is 0 Å². The number of nitrogens with zero attached hydrogens (tertiary/aromatic N) is 3. The molecule has 0 saturated carbocycles. The molecule has 1 amide bonds. The summed E-state index contributed by atoms with van der Waals surface area (Å²) in [6.07, 6.45) is -0.964. The minimum atomic E-state index is -4.58. The molecule has 11 heteroatoms. The number of rotatable bonds is 6. The van der Waals surface area contributed by atoms with Gasteiger partial charge in [0.25, 0.3) is 5.56 Å². The van der Waals surface area contributed by atoms with E-state index in [1.807, 2.05) is 0 Å². The van der Waals surface area contributed by atoms with Gasteiger partial charge in [0.15, 0.2) is 6.79 Å². The summed E-state index contributed by atoms with van der Waals surface area (Å²) in [4.78, 5) is 31.5. The van der Waals surface area contributed by atoms with Crippen LogP contribution >= 0.6 is 0 Å². The van der Waals surface area contributed by atoms with Crippen LogP contribution in [-0.2, 0) is 22.2 Å². The van der Waals surface area contributed by atoms with Gasteiger partial charge in [-0.2, -0.15) is 13.2 Å². The number of carbonyl (C=O) groups is 1. The molecule has 2 heterocycles. The zero-order valence-electron chi connectivity index (χ0n) is 19.5. The molecular formula is C23H28F3N3O5. The third-order valence-corrected chi connectivity index (χ3v) is 5.24. The average molecular weight is 483 g/mol. The minimum absolute atomic E-state index is 0.0733. The zero-order valence-corrected chi connectivity index (χ0v) is 19.5. The lowest BCUT2D eigenvalue weighted by Gasteiger charge is -2.28. The van der Waals surface area contributed by atoms with Gasteiger partial charge in [0.05, 0.1) is 23.5 Å². The SMILES string of the molecule is COCOc1cc(C(F)(F)F)ccc1-c1cncn(C[C@@H]2CCCN2C(=O)OC(C)(C)C)c1=O. The number of benzene rings is 1. The van der Waals surface area contributed by atoms with Gasteiger partial charge >= 0.3 is 12.3 Å². The van der Waals surface area contributed by atoms with Crippen molar-refractivity contribution in [1.29, 1.82) is 0 Å². The normalized spacial score (nSPS) is 16.6. The molecule has 0 radical (unpaired) electrons. The highest BCUT2D eigenvalue weighted by atomic mass is 19.4. The third kappa shape index (κ3) is 6.07. The van der Waals surface area contributed by atoms with Crippen molar-refractivity contribution in [2.24, 2.45) is 0 Å². The molecule has 1 aliphatic rings. The van der Waals surface area contributed by atoms with Crippen LogP contribution in [-0.4, -0.2) is 52.6 Å². The Hall–Kier alpha value is -3.08. The van der Waals surface area contributed by atoms with Crippen LogP contribution in [0.15, 0.2) is 35.5 Å². The number of hydrogen-bond acceptors (Lipinski definition) is 6. The number of ether oxygens (including phenoxy) is 3. The van der Waals surface area contributed by atoms with E-state index in [4.69, 9.17) is 14.2 Å². The van der Waals surface area contributed by atoms with E-state index in [9.17, 15) is 22.8 Å². The number of hydrogen-bond donors (Lipinski definition) is 0. The maximum atomic E-state index is 13.2. The van der Waals surface area contributed by atoms with Gasteiger partial charge in [-0.3, -0.25) is 9.36 Å². The lowest BCUT2D eigenvalue weighted by molar-refractivity contribution is -0.137. The van der Waals surface area contributed by atoms with Crippen molar-refractivity contribution in [3.8, 4) is 16.9 Å². The van der Waals surface area contributed by atoms with Crippen molar-refractivity contribution in [1.82, 2.24) is 14.5 Å². The predicted octanol–water partition coefficient (Wildman–Crippen LogP) is 4.31. The highest BCUT2D eigenvalue weighted by Gasteiger charge is 2.33. The van der Waals surface area contributed by atoms with Gasteiger partial charge in [-0.1, -0.05) is 0 Å². The van der Waals surface area contributed by atoms with Crippen molar-refractivity contribution in [2.75, 3.05) is 20.4 Å². The molecule has 186 valence electrons. The molecule has 0 bridgehead atoms. The number of amides is 1. The van der Waals surface area contributed by atoms with Gasteiger partial charge in [0.1, 0.15) is 11.4 Å². The highest BCUT2D eigenvalue weighted by molar-refractivity contribution is 5.70. The van der Waals surface area contributed by atoms with E-state index in [2.05, 4.69) is 4.98 Å². The van der Waals surface area contributed by atoms with E-state index in [0.29, 0.717) is 13.0 Å². The third-order valence-electron chi connectivity index (χ3n) is 5.24. The Morgan fingerprint density at radius 2 is 1.94 bits per heavy atom. The predicted molar refractivity (Wildman–Crippen MR) is 117 cm³/mol. The first-order chi connectivity index (χ1) is 15.9. The van der Waals surface area contributed by atoms with Gasteiger partial charge < -0.3 is 19.1 Å². The Morgan fingerprint density at radius 1 is 1.21 bits per heavy atom. The largest absolute Gasteiger partial charge is 0.467 e. The molecule has 0 aliphatic carbocycles. The average Bonchev–Trinajstić information content (AvgIpc) is 3.20. The standard InChI is InChI=1S/C23H28F3N3O5/c1-22(2,3)34-21(31)29-9-5-6-16(29)12-28-13-27-11-18(20(28)30)17-8-7-15(23(24,25)26)10-19(17)33-14-32-4/h7-8,10-11,13,16H,5-6,9,12,14H2,1-4H3/t16-/m0/s1. The first-order valence-corrected chi connectivity index (χ1v) is 10.8. The Bertz CT molecular complexity index is 1080.